The molecule has 1 amide bonds. The van der Waals surface area contributed by atoms with Gasteiger partial charge in [-0.1, -0.05) is 314 Å². The van der Waals surface area contributed by atoms with E-state index in [2.05, 4.69) is 55.6 Å². The Hall–Kier alpha value is -1.43. The van der Waals surface area contributed by atoms with Gasteiger partial charge in [-0.15, -0.1) is 0 Å². The molecule has 420 valence electrons. The lowest BCUT2D eigenvalue weighted by Gasteiger charge is -2.26. The molecule has 5 nitrogen and oxygen atoms in total. The fourth-order valence-corrected chi connectivity index (χ4v) is 10.3. The zero-order chi connectivity index (χ0) is 51.4. The van der Waals surface area contributed by atoms with Gasteiger partial charge in [0.15, 0.2) is 0 Å². The Morgan fingerprint density at radius 2 is 0.606 bits per heavy atom. The molecular weight excluding hydrogens is 871 g/mol. The molecule has 0 aromatic rings. The van der Waals surface area contributed by atoms with Crippen molar-refractivity contribution in [3.8, 4) is 0 Å². The number of hydrogen-bond acceptors (Lipinski definition) is 4. The summed E-state index contributed by atoms with van der Waals surface area (Å²) in [7, 11) is 0. The predicted molar refractivity (Wildman–Crippen MR) is 314 cm³/mol. The van der Waals surface area contributed by atoms with Crippen LogP contribution in [0.25, 0.3) is 0 Å². The van der Waals surface area contributed by atoms with Crippen LogP contribution >= 0.6 is 0 Å². The molecule has 3 atom stereocenters. The average molecular weight is 999 g/mol. The van der Waals surface area contributed by atoms with E-state index in [4.69, 9.17) is 0 Å². The summed E-state index contributed by atoms with van der Waals surface area (Å²) >= 11 is 0. The van der Waals surface area contributed by atoms with Gasteiger partial charge in [0.05, 0.1) is 18.8 Å². The van der Waals surface area contributed by atoms with Crippen molar-refractivity contribution in [3.05, 3.63) is 36.5 Å². The van der Waals surface area contributed by atoms with Gasteiger partial charge in [0.25, 0.3) is 0 Å². The van der Waals surface area contributed by atoms with Gasteiger partial charge >= 0.3 is 0 Å². The van der Waals surface area contributed by atoms with Crippen molar-refractivity contribution in [2.24, 2.45) is 0 Å². The molecule has 0 aromatic carbocycles. The Balaban J connectivity index is 3.51. The molecule has 0 heterocycles. The van der Waals surface area contributed by atoms with Crippen molar-refractivity contribution < 1.29 is 20.1 Å². The van der Waals surface area contributed by atoms with Crippen LogP contribution in [-0.2, 0) is 4.79 Å². The highest BCUT2D eigenvalue weighted by molar-refractivity contribution is 5.76. The number of carbonyl (C=O) groups excluding carboxylic acids is 1. The maximum absolute atomic E-state index is 12.6. The topological polar surface area (TPSA) is 89.8 Å². The first-order valence-corrected chi connectivity index (χ1v) is 32.3. The summed E-state index contributed by atoms with van der Waals surface area (Å²) in [5.41, 5.74) is 0. The fourth-order valence-electron chi connectivity index (χ4n) is 10.3. The quantitative estimate of drug-likeness (QED) is 0.0361. The first kappa shape index (κ1) is 69.6. The molecule has 0 aromatic heterocycles. The van der Waals surface area contributed by atoms with Crippen LogP contribution in [0, 0.1) is 0 Å². The summed E-state index contributed by atoms with van der Waals surface area (Å²) in [5.74, 6) is -0.149. The van der Waals surface area contributed by atoms with E-state index < -0.39 is 18.2 Å². The van der Waals surface area contributed by atoms with E-state index in [1.54, 1.807) is 0 Å². The summed E-state index contributed by atoms with van der Waals surface area (Å²) < 4.78 is 0. The van der Waals surface area contributed by atoms with Gasteiger partial charge in [0, 0.05) is 6.42 Å². The van der Waals surface area contributed by atoms with Gasteiger partial charge < -0.3 is 20.6 Å². The van der Waals surface area contributed by atoms with Crippen molar-refractivity contribution in [3.63, 3.8) is 0 Å². The largest absolute Gasteiger partial charge is 0.394 e. The maximum atomic E-state index is 12.6. The van der Waals surface area contributed by atoms with Gasteiger partial charge in [0.2, 0.25) is 5.91 Å². The maximum Gasteiger partial charge on any atom is 0.220 e. The number of unbranched alkanes of at least 4 members (excludes halogenated alkanes) is 46. The number of nitrogens with one attached hydrogen (secondary N) is 1. The normalized spacial score (nSPS) is 13.4. The number of aliphatic hydroxyl groups is 3. The molecule has 0 rings (SSSR count). The van der Waals surface area contributed by atoms with Gasteiger partial charge in [0.1, 0.15) is 6.10 Å². The lowest BCUT2D eigenvalue weighted by molar-refractivity contribution is -0.124. The highest BCUT2D eigenvalue weighted by Gasteiger charge is 2.26. The number of rotatable bonds is 60. The van der Waals surface area contributed by atoms with Crippen LogP contribution in [0.2, 0.25) is 0 Å². The first-order chi connectivity index (χ1) is 35.1. The van der Waals surface area contributed by atoms with Crippen LogP contribution in [0.15, 0.2) is 36.5 Å². The number of hydrogen-bond donors (Lipinski definition) is 4. The van der Waals surface area contributed by atoms with E-state index in [1.807, 2.05) is 0 Å². The molecule has 0 aliphatic carbocycles. The third-order valence-corrected chi connectivity index (χ3v) is 15.2. The molecule has 0 radical (unpaired) electrons. The molecule has 0 fully saturated rings. The summed E-state index contributed by atoms with van der Waals surface area (Å²) in [6.45, 7) is 4.21. The summed E-state index contributed by atoms with van der Waals surface area (Å²) in [4.78, 5) is 12.6. The van der Waals surface area contributed by atoms with Crippen molar-refractivity contribution in [2.75, 3.05) is 6.61 Å². The third kappa shape index (κ3) is 56.1. The Kier molecular flexibility index (Phi) is 59.9. The summed E-state index contributed by atoms with van der Waals surface area (Å²) in [6, 6.07) is -0.827. The second-order valence-electron chi connectivity index (χ2n) is 22.3. The molecule has 0 aliphatic heterocycles. The minimum atomic E-state index is -1.16. The Morgan fingerprint density at radius 1 is 0.352 bits per heavy atom. The molecule has 0 spiro atoms. The van der Waals surface area contributed by atoms with Crippen LogP contribution < -0.4 is 5.32 Å². The van der Waals surface area contributed by atoms with E-state index in [0.717, 1.165) is 44.9 Å². The second kappa shape index (κ2) is 61.1. The Bertz CT molecular complexity index is 1100. The average Bonchev–Trinajstić information content (AvgIpc) is 3.37. The molecule has 4 N–H and O–H groups in total. The van der Waals surface area contributed by atoms with Crippen LogP contribution in [0.3, 0.4) is 0 Å². The first-order valence-electron chi connectivity index (χ1n) is 32.3. The van der Waals surface area contributed by atoms with Gasteiger partial charge in [-0.25, -0.2) is 0 Å². The van der Waals surface area contributed by atoms with Crippen molar-refractivity contribution in [2.45, 2.75) is 372 Å². The van der Waals surface area contributed by atoms with Gasteiger partial charge in [-0.05, 0) is 70.6 Å². The van der Waals surface area contributed by atoms with Crippen LogP contribution in [0.5, 0.6) is 0 Å². The third-order valence-electron chi connectivity index (χ3n) is 15.2. The van der Waals surface area contributed by atoms with Gasteiger partial charge in [-0.2, -0.15) is 0 Å². The molecule has 0 saturated carbocycles. The van der Waals surface area contributed by atoms with E-state index in [0.29, 0.717) is 12.8 Å². The number of aliphatic hydroxyl groups excluding tert-OH is 3. The number of amides is 1. The minimum absolute atomic E-state index is 0.149. The predicted octanol–water partition coefficient (Wildman–Crippen LogP) is 20.6. The van der Waals surface area contributed by atoms with E-state index in [1.165, 1.54) is 283 Å². The Labute approximate surface area is 444 Å². The van der Waals surface area contributed by atoms with E-state index in [-0.39, 0.29) is 12.5 Å². The zero-order valence-corrected chi connectivity index (χ0v) is 48.1. The van der Waals surface area contributed by atoms with Crippen molar-refractivity contribution in [1.29, 1.82) is 0 Å². The highest BCUT2D eigenvalue weighted by Crippen LogP contribution is 2.18. The molecule has 71 heavy (non-hydrogen) atoms. The van der Waals surface area contributed by atoms with Crippen molar-refractivity contribution >= 4 is 5.91 Å². The standard InChI is InChI=1S/C66H127NO4/c1-3-5-7-9-11-13-15-17-19-21-23-25-27-28-29-30-31-32-33-34-35-36-37-38-39-41-43-45-47-49-51-53-55-57-59-61-65(70)67-63(62-68)66(71)64(69)60-58-56-54-52-50-48-46-44-42-40-26-24-22-20-18-16-14-12-10-8-6-4-2/h27-28,30-31,52,54,63-64,66,68-69,71H,3-26,29,32-51,53,55-62H2,1-2H3,(H,67,70)/b28-27-,31-30-,54-52+. The molecule has 0 bridgehead atoms. The number of allylic oxidation sites excluding steroid dienone is 6. The number of carbonyl (C=O) groups is 1. The van der Waals surface area contributed by atoms with E-state index >= 15 is 0 Å². The van der Waals surface area contributed by atoms with Gasteiger partial charge in [-0.3, -0.25) is 4.79 Å². The fraction of sp³-hybridized carbons (Fsp3) is 0.894. The monoisotopic (exact) mass is 998 g/mol. The smallest absolute Gasteiger partial charge is 0.220 e. The molecule has 0 saturated heterocycles. The molecular formula is C66H127NO4. The highest BCUT2D eigenvalue weighted by atomic mass is 16.3. The van der Waals surface area contributed by atoms with Crippen LogP contribution in [0.4, 0.5) is 0 Å². The Morgan fingerprint density at radius 3 is 0.901 bits per heavy atom. The molecule has 5 heteroatoms. The van der Waals surface area contributed by atoms with E-state index in [9.17, 15) is 20.1 Å². The SMILES string of the molecule is CCCCCCCCCCCCC/C=C\C/C=C\CCCCCCCCCCCCCCCCCCCC(=O)NC(CO)C(O)C(O)CCC/C=C/CCCCCCCCCCCCCCCCCCC. The summed E-state index contributed by atoms with van der Waals surface area (Å²) in [5, 5.41) is 33.8. The minimum Gasteiger partial charge on any atom is -0.394 e. The van der Waals surface area contributed by atoms with Crippen LogP contribution in [0.1, 0.15) is 354 Å². The van der Waals surface area contributed by atoms with Crippen LogP contribution in [-0.4, -0.2) is 46.1 Å². The lowest BCUT2D eigenvalue weighted by Crippen LogP contribution is -2.50. The second-order valence-corrected chi connectivity index (χ2v) is 22.3. The summed E-state index contributed by atoms with van der Waals surface area (Å²) in [6.07, 6.45) is 80.5. The molecule has 0 aliphatic rings. The lowest BCUT2D eigenvalue weighted by atomic mass is 10.0. The van der Waals surface area contributed by atoms with Crippen molar-refractivity contribution in [1.82, 2.24) is 5.32 Å². The zero-order valence-electron chi connectivity index (χ0n) is 48.1. The molecule has 3 unspecified atom stereocenters.